The van der Waals surface area contributed by atoms with Gasteiger partial charge >= 0.3 is 0 Å². The summed E-state index contributed by atoms with van der Waals surface area (Å²) >= 11 is 0. The fourth-order valence-corrected chi connectivity index (χ4v) is 3.18. The number of amides is 2. The van der Waals surface area contributed by atoms with Crippen LogP contribution in [-0.2, 0) is 19.6 Å². The van der Waals surface area contributed by atoms with Gasteiger partial charge < -0.3 is 15.4 Å². The van der Waals surface area contributed by atoms with E-state index in [1.165, 1.54) is 19.2 Å². The van der Waals surface area contributed by atoms with E-state index < -0.39 is 10.0 Å². The van der Waals surface area contributed by atoms with Gasteiger partial charge in [-0.15, -0.1) is 0 Å². The van der Waals surface area contributed by atoms with Crippen molar-refractivity contribution in [1.82, 2.24) is 15.4 Å². The Kier molecular flexibility index (Phi) is 5.56. The molecule has 3 N–H and O–H groups in total. The summed E-state index contributed by atoms with van der Waals surface area (Å²) in [5.74, 6) is -0.228. The van der Waals surface area contributed by atoms with Crippen molar-refractivity contribution < 1.29 is 22.7 Å². The zero-order chi connectivity index (χ0) is 16.9. The number of ether oxygens (including phenoxy) is 1. The van der Waals surface area contributed by atoms with Gasteiger partial charge in [0.05, 0.1) is 17.9 Å². The van der Waals surface area contributed by atoms with E-state index in [0.29, 0.717) is 12.3 Å². The van der Waals surface area contributed by atoms with Crippen LogP contribution >= 0.6 is 0 Å². The molecule has 1 aliphatic heterocycles. The van der Waals surface area contributed by atoms with Crippen LogP contribution in [0, 0.1) is 5.92 Å². The molecule has 23 heavy (non-hydrogen) atoms. The molecule has 0 unspecified atom stereocenters. The topological polar surface area (TPSA) is 114 Å². The summed E-state index contributed by atoms with van der Waals surface area (Å²) in [5.41, 5.74) is 0. The molecule has 1 aromatic rings. The second-order valence-electron chi connectivity index (χ2n) is 5.07. The highest BCUT2D eigenvalue weighted by atomic mass is 32.2. The number of sulfonamides is 1. The Hall–Kier alpha value is -2.13. The average molecular weight is 341 g/mol. The molecule has 9 heteroatoms. The monoisotopic (exact) mass is 341 g/mol. The summed E-state index contributed by atoms with van der Waals surface area (Å²) in [7, 11) is -2.14. The van der Waals surface area contributed by atoms with Gasteiger partial charge in [-0.1, -0.05) is 0 Å². The number of carbonyl (C=O) groups is 2. The fourth-order valence-electron chi connectivity index (χ4n) is 2.14. The van der Waals surface area contributed by atoms with Crippen molar-refractivity contribution in [1.29, 1.82) is 0 Å². The van der Waals surface area contributed by atoms with Gasteiger partial charge in [-0.05, 0) is 24.3 Å². The predicted molar refractivity (Wildman–Crippen MR) is 82.3 cm³/mol. The average Bonchev–Trinajstić information content (AvgIpc) is 2.98. The summed E-state index contributed by atoms with van der Waals surface area (Å²) in [6.45, 7) is 0.537. The van der Waals surface area contributed by atoms with E-state index in [1.807, 2.05) is 0 Å². The maximum absolute atomic E-state index is 12.1. The lowest BCUT2D eigenvalue weighted by Gasteiger charge is -2.10. The Morgan fingerprint density at radius 3 is 2.57 bits per heavy atom. The van der Waals surface area contributed by atoms with Gasteiger partial charge in [-0.3, -0.25) is 9.59 Å². The van der Waals surface area contributed by atoms with E-state index in [-0.39, 0.29) is 42.1 Å². The van der Waals surface area contributed by atoms with Gasteiger partial charge in [0.2, 0.25) is 21.8 Å². The van der Waals surface area contributed by atoms with Gasteiger partial charge in [0.1, 0.15) is 5.75 Å². The summed E-state index contributed by atoms with van der Waals surface area (Å²) in [6.07, 6.45) is 0.170. The largest absolute Gasteiger partial charge is 0.497 e. The quantitative estimate of drug-likeness (QED) is 0.563. The molecular formula is C14H19N3O5S. The number of hydrogen-bond acceptors (Lipinski definition) is 5. The highest BCUT2D eigenvalue weighted by Crippen LogP contribution is 2.15. The highest BCUT2D eigenvalue weighted by molar-refractivity contribution is 7.89. The first-order valence-electron chi connectivity index (χ1n) is 7.10. The lowest BCUT2D eigenvalue weighted by atomic mass is 10.1. The summed E-state index contributed by atoms with van der Waals surface area (Å²) in [6, 6.07) is 5.99. The molecule has 8 nitrogen and oxygen atoms in total. The van der Waals surface area contributed by atoms with Crippen LogP contribution in [0.15, 0.2) is 29.2 Å². The van der Waals surface area contributed by atoms with E-state index in [0.717, 1.165) is 0 Å². The second kappa shape index (κ2) is 7.42. The standard InChI is InChI=1S/C14H19N3O5S/c1-22-11-2-4-12(5-3-11)23(20,21)17-7-6-15-14(19)10-8-13(18)16-9-10/h2-5,10,17H,6-9H2,1H3,(H,15,19)(H,16,18)/t10-/m0/s1. The van der Waals surface area contributed by atoms with Crippen molar-refractivity contribution in [3.63, 3.8) is 0 Å². The Balaban J connectivity index is 1.78. The summed E-state index contributed by atoms with van der Waals surface area (Å²) in [5, 5.41) is 5.18. The highest BCUT2D eigenvalue weighted by Gasteiger charge is 2.27. The lowest BCUT2D eigenvalue weighted by molar-refractivity contribution is -0.126. The molecule has 2 amide bonds. The molecule has 1 atom stereocenters. The maximum atomic E-state index is 12.1. The Bertz CT molecular complexity index is 672. The molecule has 1 aromatic carbocycles. The van der Waals surface area contributed by atoms with Gasteiger partial charge in [0, 0.05) is 26.1 Å². The van der Waals surface area contributed by atoms with Gasteiger partial charge in [0.15, 0.2) is 0 Å². The first kappa shape index (κ1) is 17.2. The van der Waals surface area contributed by atoms with Crippen LogP contribution in [0.1, 0.15) is 6.42 Å². The number of carbonyl (C=O) groups excluding carboxylic acids is 2. The fraction of sp³-hybridized carbons (Fsp3) is 0.429. The Morgan fingerprint density at radius 1 is 1.30 bits per heavy atom. The molecule has 2 rings (SSSR count). The van der Waals surface area contributed by atoms with Crippen LogP contribution in [0.5, 0.6) is 5.75 Å². The minimum absolute atomic E-state index is 0.0637. The molecule has 0 radical (unpaired) electrons. The molecule has 0 aromatic heterocycles. The van der Waals surface area contributed by atoms with E-state index in [1.54, 1.807) is 12.1 Å². The molecule has 0 bridgehead atoms. The third kappa shape index (κ3) is 4.67. The smallest absolute Gasteiger partial charge is 0.240 e. The molecule has 1 heterocycles. The normalized spacial score (nSPS) is 17.6. The van der Waals surface area contributed by atoms with Crippen LogP contribution < -0.4 is 20.1 Å². The van der Waals surface area contributed by atoms with E-state index in [4.69, 9.17) is 4.74 Å². The minimum atomic E-state index is -3.63. The van der Waals surface area contributed by atoms with Gasteiger partial charge in [0.25, 0.3) is 0 Å². The predicted octanol–water partition coefficient (Wildman–Crippen LogP) is -0.774. The zero-order valence-corrected chi connectivity index (χ0v) is 13.5. The van der Waals surface area contributed by atoms with Crippen LogP contribution in [0.25, 0.3) is 0 Å². The van der Waals surface area contributed by atoms with Crippen LogP contribution in [0.3, 0.4) is 0 Å². The third-order valence-electron chi connectivity index (χ3n) is 3.43. The lowest BCUT2D eigenvalue weighted by Crippen LogP contribution is -2.38. The SMILES string of the molecule is COc1ccc(S(=O)(=O)NCCNC(=O)[C@@H]2CNC(=O)C2)cc1. The maximum Gasteiger partial charge on any atom is 0.240 e. The molecule has 1 saturated heterocycles. The van der Waals surface area contributed by atoms with Crippen molar-refractivity contribution >= 4 is 21.8 Å². The van der Waals surface area contributed by atoms with Crippen LogP contribution in [0.2, 0.25) is 0 Å². The molecule has 1 aliphatic rings. The number of benzene rings is 1. The molecule has 1 fully saturated rings. The number of hydrogen-bond donors (Lipinski definition) is 3. The number of methoxy groups -OCH3 is 1. The minimum Gasteiger partial charge on any atom is -0.497 e. The third-order valence-corrected chi connectivity index (χ3v) is 4.91. The van der Waals surface area contributed by atoms with E-state index in [9.17, 15) is 18.0 Å². The summed E-state index contributed by atoms with van der Waals surface area (Å²) in [4.78, 5) is 22.9. The summed E-state index contributed by atoms with van der Waals surface area (Å²) < 4.78 is 31.5. The van der Waals surface area contributed by atoms with Crippen molar-refractivity contribution in [2.75, 3.05) is 26.7 Å². The van der Waals surface area contributed by atoms with E-state index >= 15 is 0 Å². The molecular weight excluding hydrogens is 322 g/mol. The molecule has 0 saturated carbocycles. The number of rotatable bonds is 7. The molecule has 126 valence electrons. The van der Waals surface area contributed by atoms with Gasteiger partial charge in [-0.25, -0.2) is 13.1 Å². The number of nitrogens with one attached hydrogen (secondary N) is 3. The van der Waals surface area contributed by atoms with Crippen molar-refractivity contribution in [2.24, 2.45) is 5.92 Å². The zero-order valence-electron chi connectivity index (χ0n) is 12.7. The second-order valence-corrected chi connectivity index (χ2v) is 6.84. The Morgan fingerprint density at radius 2 is 2.00 bits per heavy atom. The van der Waals surface area contributed by atoms with E-state index in [2.05, 4.69) is 15.4 Å². The first-order valence-corrected chi connectivity index (χ1v) is 8.59. The van der Waals surface area contributed by atoms with Crippen molar-refractivity contribution in [3.8, 4) is 5.75 Å². The molecule has 0 spiro atoms. The van der Waals surface area contributed by atoms with Crippen LogP contribution in [-0.4, -0.2) is 47.0 Å². The van der Waals surface area contributed by atoms with Crippen molar-refractivity contribution in [3.05, 3.63) is 24.3 Å². The van der Waals surface area contributed by atoms with Gasteiger partial charge in [-0.2, -0.15) is 0 Å². The first-order chi connectivity index (χ1) is 10.9. The Labute approximate surface area is 134 Å². The molecule has 0 aliphatic carbocycles. The van der Waals surface area contributed by atoms with Crippen LogP contribution in [0.4, 0.5) is 0 Å². The van der Waals surface area contributed by atoms with Crippen molar-refractivity contribution in [2.45, 2.75) is 11.3 Å².